The number of carbonyl (C=O) groups is 1. The quantitative estimate of drug-likeness (QED) is 0.926. The first-order valence-electron chi connectivity index (χ1n) is 5.50. The number of nitrogens with zero attached hydrogens (tertiary/aromatic N) is 1. The van der Waals surface area contributed by atoms with Crippen LogP contribution in [0, 0.1) is 5.82 Å². The summed E-state index contributed by atoms with van der Waals surface area (Å²) >= 11 is 3.05. The Morgan fingerprint density at radius 2 is 2.24 bits per heavy atom. The second-order valence-electron chi connectivity index (χ2n) is 4.08. The van der Waals surface area contributed by atoms with Crippen molar-refractivity contribution in [3.05, 3.63) is 34.1 Å². The van der Waals surface area contributed by atoms with E-state index in [1.54, 1.807) is 11.0 Å². The van der Waals surface area contributed by atoms with E-state index < -0.39 is 5.82 Å². The number of amides is 1. The molecule has 3 nitrogen and oxygen atoms in total. The zero-order valence-electron chi connectivity index (χ0n) is 9.20. The average molecular weight is 302 g/mol. The summed E-state index contributed by atoms with van der Waals surface area (Å²) in [5.41, 5.74) is 0.325. The molecule has 0 radical (unpaired) electrons. The minimum absolute atomic E-state index is 0.0682. The van der Waals surface area contributed by atoms with Gasteiger partial charge in [0.2, 0.25) is 0 Å². The van der Waals surface area contributed by atoms with Gasteiger partial charge in [-0.05, 0) is 47.0 Å². The standard InChI is InChI=1S/C12H13BrFNO2/c13-10-4-1-8(7-11(10)14)12(17)15(5-6-16)9-2-3-9/h1,4,7,9,16H,2-3,5-6H2. The molecule has 0 aromatic heterocycles. The average Bonchev–Trinajstić information content (AvgIpc) is 3.13. The van der Waals surface area contributed by atoms with Crippen LogP contribution in [0.25, 0.3) is 0 Å². The highest BCUT2D eigenvalue weighted by molar-refractivity contribution is 9.10. The van der Waals surface area contributed by atoms with Gasteiger partial charge in [0.25, 0.3) is 5.91 Å². The van der Waals surface area contributed by atoms with E-state index in [-0.39, 0.29) is 18.6 Å². The maximum atomic E-state index is 13.3. The summed E-state index contributed by atoms with van der Waals surface area (Å²) < 4.78 is 13.7. The van der Waals surface area contributed by atoms with Gasteiger partial charge >= 0.3 is 0 Å². The Bertz CT molecular complexity index is 435. The maximum Gasteiger partial charge on any atom is 0.254 e. The molecule has 1 saturated carbocycles. The minimum Gasteiger partial charge on any atom is -0.395 e. The first kappa shape index (κ1) is 12.5. The molecule has 0 saturated heterocycles. The van der Waals surface area contributed by atoms with Crippen LogP contribution in [0.2, 0.25) is 0 Å². The fourth-order valence-electron chi connectivity index (χ4n) is 1.74. The Morgan fingerprint density at radius 3 is 2.76 bits per heavy atom. The first-order chi connectivity index (χ1) is 8.13. The third-order valence-electron chi connectivity index (χ3n) is 2.76. The summed E-state index contributed by atoms with van der Waals surface area (Å²) in [5, 5.41) is 8.93. The van der Waals surface area contributed by atoms with Gasteiger partial charge < -0.3 is 10.0 Å². The van der Waals surface area contributed by atoms with Gasteiger partial charge in [0.1, 0.15) is 5.82 Å². The predicted molar refractivity (Wildman–Crippen MR) is 65.2 cm³/mol. The Balaban J connectivity index is 2.19. The predicted octanol–water partition coefficient (Wildman–Crippen LogP) is 2.19. The van der Waals surface area contributed by atoms with E-state index in [9.17, 15) is 9.18 Å². The van der Waals surface area contributed by atoms with Gasteiger partial charge in [-0.3, -0.25) is 4.79 Å². The summed E-state index contributed by atoms with van der Waals surface area (Å²) in [7, 11) is 0. The lowest BCUT2D eigenvalue weighted by Gasteiger charge is -2.21. The molecule has 1 aromatic carbocycles. The van der Waals surface area contributed by atoms with Crippen molar-refractivity contribution < 1.29 is 14.3 Å². The number of aliphatic hydroxyl groups excluding tert-OH is 1. The van der Waals surface area contributed by atoms with E-state index in [1.165, 1.54) is 12.1 Å². The van der Waals surface area contributed by atoms with Crippen LogP contribution >= 0.6 is 15.9 Å². The van der Waals surface area contributed by atoms with Gasteiger partial charge in [-0.15, -0.1) is 0 Å². The number of halogens is 2. The van der Waals surface area contributed by atoms with Crippen molar-refractivity contribution in [2.24, 2.45) is 0 Å². The fraction of sp³-hybridized carbons (Fsp3) is 0.417. The number of carbonyl (C=O) groups excluding carboxylic acids is 1. The van der Waals surface area contributed by atoms with Crippen LogP contribution in [0.5, 0.6) is 0 Å². The van der Waals surface area contributed by atoms with Crippen molar-refractivity contribution in [2.45, 2.75) is 18.9 Å². The highest BCUT2D eigenvalue weighted by Gasteiger charge is 2.32. The summed E-state index contributed by atoms with van der Waals surface area (Å²) in [6, 6.07) is 4.54. The van der Waals surface area contributed by atoms with Gasteiger partial charge in [-0.25, -0.2) is 4.39 Å². The van der Waals surface area contributed by atoms with Gasteiger partial charge in [0.15, 0.2) is 0 Å². The van der Waals surface area contributed by atoms with Crippen LogP contribution in [-0.4, -0.2) is 35.1 Å². The second-order valence-corrected chi connectivity index (χ2v) is 4.94. The van der Waals surface area contributed by atoms with Crippen LogP contribution in [0.4, 0.5) is 4.39 Å². The largest absolute Gasteiger partial charge is 0.395 e. The van der Waals surface area contributed by atoms with Crippen molar-refractivity contribution in [3.63, 3.8) is 0 Å². The van der Waals surface area contributed by atoms with Crippen LogP contribution in [-0.2, 0) is 0 Å². The van der Waals surface area contributed by atoms with E-state index in [2.05, 4.69) is 15.9 Å². The summed E-state index contributed by atoms with van der Waals surface area (Å²) in [6.07, 6.45) is 1.93. The lowest BCUT2D eigenvalue weighted by atomic mass is 10.2. The lowest BCUT2D eigenvalue weighted by Crippen LogP contribution is -2.35. The molecule has 5 heteroatoms. The molecular formula is C12H13BrFNO2. The molecule has 92 valence electrons. The van der Waals surface area contributed by atoms with E-state index in [0.717, 1.165) is 12.8 Å². The Labute approximate surface area is 107 Å². The Hall–Kier alpha value is -0.940. The molecule has 0 bridgehead atoms. The van der Waals surface area contributed by atoms with E-state index in [0.29, 0.717) is 16.6 Å². The number of hydrogen-bond acceptors (Lipinski definition) is 2. The van der Waals surface area contributed by atoms with Crippen LogP contribution in [0.1, 0.15) is 23.2 Å². The minimum atomic E-state index is -0.449. The van der Waals surface area contributed by atoms with Gasteiger partial charge in [-0.1, -0.05) is 0 Å². The van der Waals surface area contributed by atoms with E-state index >= 15 is 0 Å². The normalized spacial score (nSPS) is 14.8. The molecule has 0 unspecified atom stereocenters. The Kier molecular flexibility index (Phi) is 3.79. The molecule has 17 heavy (non-hydrogen) atoms. The molecule has 0 heterocycles. The van der Waals surface area contributed by atoms with Crippen molar-refractivity contribution >= 4 is 21.8 Å². The maximum absolute atomic E-state index is 13.3. The SMILES string of the molecule is O=C(c1ccc(Br)c(F)c1)N(CCO)C1CC1. The fourth-order valence-corrected chi connectivity index (χ4v) is 1.99. The lowest BCUT2D eigenvalue weighted by molar-refractivity contribution is 0.0707. The first-order valence-corrected chi connectivity index (χ1v) is 6.29. The number of aliphatic hydroxyl groups is 1. The topological polar surface area (TPSA) is 40.5 Å². The molecule has 0 aliphatic heterocycles. The molecule has 0 atom stereocenters. The van der Waals surface area contributed by atoms with Crippen LogP contribution in [0.15, 0.2) is 22.7 Å². The van der Waals surface area contributed by atoms with Crippen LogP contribution < -0.4 is 0 Å². The number of benzene rings is 1. The molecule has 1 amide bonds. The monoisotopic (exact) mass is 301 g/mol. The van der Waals surface area contributed by atoms with Crippen LogP contribution in [0.3, 0.4) is 0 Å². The molecule has 0 spiro atoms. The molecule has 2 rings (SSSR count). The van der Waals surface area contributed by atoms with Crippen molar-refractivity contribution in [1.82, 2.24) is 4.90 Å². The molecule has 1 aliphatic rings. The van der Waals surface area contributed by atoms with Gasteiger partial charge in [-0.2, -0.15) is 0 Å². The van der Waals surface area contributed by atoms with E-state index in [4.69, 9.17) is 5.11 Å². The highest BCUT2D eigenvalue weighted by atomic mass is 79.9. The molecule has 1 fully saturated rings. The number of rotatable bonds is 4. The van der Waals surface area contributed by atoms with Crippen molar-refractivity contribution in [3.8, 4) is 0 Å². The van der Waals surface area contributed by atoms with Crippen molar-refractivity contribution in [1.29, 1.82) is 0 Å². The molecular weight excluding hydrogens is 289 g/mol. The van der Waals surface area contributed by atoms with Gasteiger partial charge in [0.05, 0.1) is 11.1 Å². The van der Waals surface area contributed by atoms with Crippen molar-refractivity contribution in [2.75, 3.05) is 13.2 Å². The third kappa shape index (κ3) is 2.84. The summed E-state index contributed by atoms with van der Waals surface area (Å²) in [5.74, 6) is -0.663. The Morgan fingerprint density at radius 1 is 1.53 bits per heavy atom. The number of hydrogen-bond donors (Lipinski definition) is 1. The summed E-state index contributed by atoms with van der Waals surface area (Å²) in [6.45, 7) is 0.239. The summed E-state index contributed by atoms with van der Waals surface area (Å²) in [4.78, 5) is 13.7. The molecule has 1 aromatic rings. The molecule has 1 N–H and O–H groups in total. The molecule has 1 aliphatic carbocycles. The van der Waals surface area contributed by atoms with E-state index in [1.807, 2.05) is 0 Å². The zero-order valence-corrected chi connectivity index (χ0v) is 10.8. The highest BCUT2D eigenvalue weighted by Crippen LogP contribution is 2.28. The van der Waals surface area contributed by atoms with Gasteiger partial charge in [0, 0.05) is 18.2 Å². The zero-order chi connectivity index (χ0) is 12.4. The smallest absolute Gasteiger partial charge is 0.254 e. The third-order valence-corrected chi connectivity index (χ3v) is 3.40. The second kappa shape index (κ2) is 5.14.